The molecule has 0 unspecified atom stereocenters. The summed E-state index contributed by atoms with van der Waals surface area (Å²) in [5.41, 5.74) is 0. The molecule has 0 aromatic carbocycles. The van der Waals surface area contributed by atoms with E-state index in [1.54, 1.807) is 13.3 Å². The smallest absolute Gasteiger partial charge is 0.191 e. The van der Waals surface area contributed by atoms with Crippen LogP contribution in [0.3, 0.4) is 0 Å². The van der Waals surface area contributed by atoms with Crippen LogP contribution in [0.25, 0.3) is 0 Å². The van der Waals surface area contributed by atoms with Crippen LogP contribution in [-0.2, 0) is 16.4 Å². The average Bonchev–Trinajstić information content (AvgIpc) is 2.98. The average molecular weight is 413 g/mol. The van der Waals surface area contributed by atoms with Crippen LogP contribution in [0.15, 0.2) is 27.8 Å². The Morgan fingerprint density at radius 2 is 2.15 bits per heavy atom. The standard InChI is InChI=1S/C12H19N3O3S.HI/c1-13-11(14-8-10-4-3-7-18-10)15-9-12(5-6-12)19(2,16)17;/h3-4,7H,5-6,8-9H2,1-2H3,(H2,13,14,15);1H. The highest BCUT2D eigenvalue weighted by molar-refractivity contribution is 14.0. The second-order valence-corrected chi connectivity index (χ2v) is 7.22. The van der Waals surface area contributed by atoms with Gasteiger partial charge in [-0.05, 0) is 25.0 Å². The fourth-order valence-corrected chi connectivity index (χ4v) is 3.05. The highest BCUT2D eigenvalue weighted by Gasteiger charge is 2.51. The van der Waals surface area contributed by atoms with Crippen LogP contribution >= 0.6 is 24.0 Å². The van der Waals surface area contributed by atoms with Crippen molar-refractivity contribution in [1.29, 1.82) is 0 Å². The van der Waals surface area contributed by atoms with Gasteiger partial charge >= 0.3 is 0 Å². The minimum absolute atomic E-state index is 0. The zero-order chi connectivity index (χ0) is 13.9. The predicted molar refractivity (Wildman–Crippen MR) is 89.1 cm³/mol. The molecule has 0 amide bonds. The van der Waals surface area contributed by atoms with Crippen LogP contribution in [0, 0.1) is 0 Å². The molecular weight excluding hydrogens is 393 g/mol. The SMILES string of the molecule is CN=C(NCc1ccco1)NCC1(S(C)(=O)=O)CC1.I. The van der Waals surface area contributed by atoms with E-state index in [0.717, 1.165) is 5.76 Å². The molecule has 0 saturated heterocycles. The third-order valence-electron chi connectivity index (χ3n) is 3.41. The number of guanidine groups is 1. The fourth-order valence-electron chi connectivity index (χ4n) is 1.87. The Bertz CT molecular complexity index is 551. The van der Waals surface area contributed by atoms with E-state index in [9.17, 15) is 8.42 Å². The number of furan rings is 1. The summed E-state index contributed by atoms with van der Waals surface area (Å²) in [7, 11) is -1.37. The molecule has 0 atom stereocenters. The maximum Gasteiger partial charge on any atom is 0.191 e. The summed E-state index contributed by atoms with van der Waals surface area (Å²) in [6.45, 7) is 0.905. The van der Waals surface area contributed by atoms with Crippen molar-refractivity contribution < 1.29 is 12.8 Å². The lowest BCUT2D eigenvalue weighted by Crippen LogP contribution is -2.43. The largest absolute Gasteiger partial charge is 0.467 e. The molecule has 1 aliphatic carbocycles. The van der Waals surface area contributed by atoms with Crippen LogP contribution in [0.4, 0.5) is 0 Å². The summed E-state index contributed by atoms with van der Waals surface area (Å²) in [4.78, 5) is 4.06. The highest BCUT2D eigenvalue weighted by Crippen LogP contribution is 2.42. The summed E-state index contributed by atoms with van der Waals surface area (Å²) >= 11 is 0. The molecule has 114 valence electrons. The number of nitrogens with zero attached hydrogens (tertiary/aromatic N) is 1. The van der Waals surface area contributed by atoms with Gasteiger partial charge in [-0.15, -0.1) is 24.0 Å². The first-order valence-corrected chi connectivity index (χ1v) is 8.02. The van der Waals surface area contributed by atoms with Crippen molar-refractivity contribution in [3.63, 3.8) is 0 Å². The van der Waals surface area contributed by atoms with Gasteiger partial charge in [0.2, 0.25) is 0 Å². The first kappa shape index (κ1) is 17.3. The van der Waals surface area contributed by atoms with Gasteiger partial charge in [0, 0.05) is 19.8 Å². The van der Waals surface area contributed by atoms with Crippen molar-refractivity contribution in [3.8, 4) is 0 Å². The van der Waals surface area contributed by atoms with Crippen LogP contribution in [0.2, 0.25) is 0 Å². The van der Waals surface area contributed by atoms with Gasteiger partial charge in [0.15, 0.2) is 15.8 Å². The Morgan fingerprint density at radius 1 is 1.45 bits per heavy atom. The first-order valence-electron chi connectivity index (χ1n) is 6.13. The summed E-state index contributed by atoms with van der Waals surface area (Å²) in [6, 6.07) is 3.68. The Morgan fingerprint density at radius 3 is 2.60 bits per heavy atom. The molecule has 1 aromatic rings. The molecule has 1 saturated carbocycles. The Hall–Kier alpha value is -0.770. The number of halogens is 1. The van der Waals surface area contributed by atoms with Crippen molar-refractivity contribution in [2.45, 2.75) is 24.1 Å². The molecule has 0 bridgehead atoms. The number of sulfone groups is 1. The molecule has 1 aromatic heterocycles. The molecule has 0 radical (unpaired) electrons. The van der Waals surface area contributed by atoms with Gasteiger partial charge in [-0.2, -0.15) is 0 Å². The molecule has 1 fully saturated rings. The number of aliphatic imine (C=N–C) groups is 1. The maximum atomic E-state index is 11.6. The summed E-state index contributed by atoms with van der Waals surface area (Å²) in [6.07, 6.45) is 4.33. The third kappa shape index (κ3) is 4.11. The van der Waals surface area contributed by atoms with Gasteiger partial charge in [-0.3, -0.25) is 4.99 Å². The van der Waals surface area contributed by atoms with Crippen molar-refractivity contribution in [2.24, 2.45) is 4.99 Å². The summed E-state index contributed by atoms with van der Waals surface area (Å²) in [5, 5.41) is 6.13. The minimum atomic E-state index is -3.02. The monoisotopic (exact) mass is 413 g/mol. The van der Waals surface area contributed by atoms with Gasteiger partial charge in [-0.25, -0.2) is 8.42 Å². The zero-order valence-electron chi connectivity index (χ0n) is 11.5. The van der Waals surface area contributed by atoms with Gasteiger partial charge < -0.3 is 15.1 Å². The van der Waals surface area contributed by atoms with Gasteiger partial charge in [0.05, 0.1) is 17.6 Å². The number of hydrogen-bond donors (Lipinski definition) is 2. The van der Waals surface area contributed by atoms with Crippen molar-refractivity contribution >= 4 is 39.8 Å². The van der Waals surface area contributed by atoms with Crippen molar-refractivity contribution in [2.75, 3.05) is 19.8 Å². The fraction of sp³-hybridized carbons (Fsp3) is 0.583. The van der Waals surface area contributed by atoms with E-state index in [4.69, 9.17) is 4.42 Å². The normalized spacial score (nSPS) is 17.2. The third-order valence-corrected chi connectivity index (χ3v) is 5.53. The Balaban J connectivity index is 0.00000200. The molecule has 0 aliphatic heterocycles. The topological polar surface area (TPSA) is 83.7 Å². The molecule has 1 aliphatic rings. The highest BCUT2D eigenvalue weighted by atomic mass is 127. The molecule has 20 heavy (non-hydrogen) atoms. The van der Waals surface area contributed by atoms with E-state index < -0.39 is 14.6 Å². The van der Waals surface area contributed by atoms with Crippen molar-refractivity contribution in [3.05, 3.63) is 24.2 Å². The van der Waals surface area contributed by atoms with E-state index in [-0.39, 0.29) is 24.0 Å². The molecule has 2 N–H and O–H groups in total. The molecular formula is C12H20IN3O3S. The predicted octanol–water partition coefficient (Wildman–Crippen LogP) is 1.14. The van der Waals surface area contributed by atoms with Crippen LogP contribution < -0.4 is 10.6 Å². The first-order chi connectivity index (χ1) is 8.97. The summed E-state index contributed by atoms with van der Waals surface area (Å²) in [5.74, 6) is 1.37. The number of hydrogen-bond acceptors (Lipinski definition) is 4. The lowest BCUT2D eigenvalue weighted by Gasteiger charge is -2.16. The molecule has 0 spiro atoms. The maximum absolute atomic E-state index is 11.6. The van der Waals surface area contributed by atoms with E-state index in [1.165, 1.54) is 6.26 Å². The second kappa shape index (κ2) is 6.79. The van der Waals surface area contributed by atoms with Gasteiger partial charge in [-0.1, -0.05) is 0 Å². The zero-order valence-corrected chi connectivity index (χ0v) is 14.7. The van der Waals surface area contributed by atoms with E-state index in [0.29, 0.717) is 31.9 Å². The second-order valence-electron chi connectivity index (χ2n) is 4.81. The molecule has 1 heterocycles. The lowest BCUT2D eigenvalue weighted by atomic mass is 10.4. The quantitative estimate of drug-likeness (QED) is 0.430. The van der Waals surface area contributed by atoms with Crippen LogP contribution in [0.5, 0.6) is 0 Å². The lowest BCUT2D eigenvalue weighted by molar-refractivity contribution is 0.501. The Kier molecular flexibility index (Phi) is 5.87. The van der Waals surface area contributed by atoms with E-state index >= 15 is 0 Å². The van der Waals surface area contributed by atoms with Crippen LogP contribution in [0.1, 0.15) is 18.6 Å². The number of nitrogens with one attached hydrogen (secondary N) is 2. The van der Waals surface area contributed by atoms with Gasteiger partial charge in [0.1, 0.15) is 5.76 Å². The van der Waals surface area contributed by atoms with Crippen molar-refractivity contribution in [1.82, 2.24) is 10.6 Å². The van der Waals surface area contributed by atoms with E-state index in [1.807, 2.05) is 12.1 Å². The van der Waals surface area contributed by atoms with Gasteiger partial charge in [0.25, 0.3) is 0 Å². The molecule has 2 rings (SSSR count). The number of rotatable bonds is 5. The van der Waals surface area contributed by atoms with E-state index in [2.05, 4.69) is 15.6 Å². The van der Waals surface area contributed by atoms with Crippen LogP contribution in [-0.4, -0.2) is 39.0 Å². The molecule has 8 heteroatoms. The summed E-state index contributed by atoms with van der Waals surface area (Å²) < 4.78 is 27.9. The molecule has 6 nitrogen and oxygen atoms in total. The Labute approximate surface area is 136 Å². The minimum Gasteiger partial charge on any atom is -0.467 e.